The van der Waals surface area contributed by atoms with Gasteiger partial charge in [0, 0.05) is 38.6 Å². The number of benzene rings is 1. The van der Waals surface area contributed by atoms with Gasteiger partial charge in [-0.2, -0.15) is 13.2 Å². The summed E-state index contributed by atoms with van der Waals surface area (Å²) >= 11 is 1.73. The van der Waals surface area contributed by atoms with Crippen molar-refractivity contribution in [3.63, 3.8) is 0 Å². The summed E-state index contributed by atoms with van der Waals surface area (Å²) in [6.07, 6.45) is -1.37. The highest BCUT2D eigenvalue weighted by Crippen LogP contribution is 2.41. The molecule has 0 atom stereocenters. The van der Waals surface area contributed by atoms with Gasteiger partial charge in [0.25, 0.3) is 0 Å². The fourth-order valence-electron chi connectivity index (χ4n) is 3.48. The molecule has 2 fully saturated rings. The lowest BCUT2D eigenvalue weighted by Crippen LogP contribution is -2.46. The maximum atomic E-state index is 13.1. The summed E-state index contributed by atoms with van der Waals surface area (Å²) in [6, 6.07) is 5.89. The first kappa shape index (κ1) is 18.8. The van der Waals surface area contributed by atoms with E-state index in [9.17, 15) is 13.2 Å². The average Bonchev–Trinajstić information content (AvgIpc) is 3.40. The quantitative estimate of drug-likeness (QED) is 0.744. The second-order valence-corrected chi connectivity index (χ2v) is 8.42. The molecular weight excluding hydrogens is 373 g/mol. The third-order valence-corrected chi connectivity index (χ3v) is 6.32. The molecule has 0 unspecified atom stereocenters. The Morgan fingerprint density at radius 3 is 2.41 bits per heavy atom. The third-order valence-electron chi connectivity index (χ3n) is 5.25. The molecule has 1 saturated heterocycles. The van der Waals surface area contributed by atoms with Crippen molar-refractivity contribution in [2.24, 2.45) is 0 Å². The van der Waals surface area contributed by atoms with Gasteiger partial charge in [0.05, 0.1) is 12.1 Å². The monoisotopic (exact) mass is 396 g/mol. The first-order valence-electron chi connectivity index (χ1n) is 9.41. The van der Waals surface area contributed by atoms with Crippen LogP contribution in [-0.2, 0) is 19.1 Å². The zero-order valence-electron chi connectivity index (χ0n) is 15.1. The molecule has 4 nitrogen and oxygen atoms in total. The number of hydrogen-bond acceptors (Lipinski definition) is 5. The highest BCUT2D eigenvalue weighted by Gasteiger charge is 2.33. The van der Waals surface area contributed by atoms with Crippen LogP contribution in [0.5, 0.6) is 0 Å². The molecule has 2 aromatic rings. The van der Waals surface area contributed by atoms with Crippen LogP contribution in [0.1, 0.15) is 39.9 Å². The van der Waals surface area contributed by atoms with Crippen LogP contribution in [0.4, 0.5) is 13.2 Å². The van der Waals surface area contributed by atoms with Gasteiger partial charge < -0.3 is 4.90 Å². The lowest BCUT2D eigenvalue weighted by molar-refractivity contribution is -0.138. The second-order valence-electron chi connectivity index (χ2n) is 7.33. The van der Waals surface area contributed by atoms with E-state index < -0.39 is 11.7 Å². The van der Waals surface area contributed by atoms with Gasteiger partial charge in [-0.3, -0.25) is 4.90 Å². The second kappa shape index (κ2) is 7.85. The Bertz CT molecular complexity index is 764. The van der Waals surface area contributed by atoms with Gasteiger partial charge in [-0.05, 0) is 30.9 Å². The number of aromatic nitrogens is 2. The Balaban J connectivity index is 1.25. The zero-order chi connectivity index (χ0) is 18.9. The SMILES string of the molecule is FC(F)(F)c1ccccc1CCN1CCN(Cc2nnc(C3CC3)s2)CC1. The van der Waals surface area contributed by atoms with Crippen molar-refractivity contribution in [2.45, 2.75) is 37.9 Å². The van der Waals surface area contributed by atoms with Crippen LogP contribution in [0.3, 0.4) is 0 Å². The minimum atomic E-state index is -4.28. The van der Waals surface area contributed by atoms with Crippen molar-refractivity contribution >= 4 is 11.3 Å². The molecule has 0 spiro atoms. The predicted octanol–water partition coefficient (Wildman–Crippen LogP) is 3.79. The summed E-state index contributed by atoms with van der Waals surface area (Å²) in [5.74, 6) is 0.646. The summed E-state index contributed by atoms with van der Waals surface area (Å²) in [7, 11) is 0. The molecule has 1 saturated carbocycles. The molecule has 1 aliphatic heterocycles. The number of rotatable bonds is 6. The highest BCUT2D eigenvalue weighted by atomic mass is 32.1. The van der Waals surface area contributed by atoms with E-state index in [1.54, 1.807) is 23.5 Å². The van der Waals surface area contributed by atoms with E-state index in [0.29, 0.717) is 24.4 Å². The Morgan fingerprint density at radius 1 is 1.00 bits per heavy atom. The number of halogens is 3. The van der Waals surface area contributed by atoms with Gasteiger partial charge in [-0.25, -0.2) is 0 Å². The minimum Gasteiger partial charge on any atom is -0.300 e. The van der Waals surface area contributed by atoms with E-state index >= 15 is 0 Å². The lowest BCUT2D eigenvalue weighted by Gasteiger charge is -2.34. The molecule has 1 aromatic heterocycles. The first-order valence-corrected chi connectivity index (χ1v) is 10.2. The van der Waals surface area contributed by atoms with Crippen molar-refractivity contribution in [3.8, 4) is 0 Å². The maximum absolute atomic E-state index is 13.1. The smallest absolute Gasteiger partial charge is 0.300 e. The maximum Gasteiger partial charge on any atom is 0.416 e. The van der Waals surface area contributed by atoms with E-state index in [1.807, 2.05) is 0 Å². The molecule has 4 rings (SSSR count). The van der Waals surface area contributed by atoms with E-state index in [4.69, 9.17) is 0 Å². The van der Waals surface area contributed by atoms with Crippen molar-refractivity contribution in [1.82, 2.24) is 20.0 Å². The van der Waals surface area contributed by atoms with Gasteiger partial charge in [0.2, 0.25) is 0 Å². The van der Waals surface area contributed by atoms with Crippen LogP contribution in [0, 0.1) is 0 Å². The molecule has 0 radical (unpaired) electrons. The van der Waals surface area contributed by atoms with Gasteiger partial charge in [-0.1, -0.05) is 29.5 Å². The van der Waals surface area contributed by atoms with Crippen molar-refractivity contribution < 1.29 is 13.2 Å². The topological polar surface area (TPSA) is 32.3 Å². The normalized spacial score (nSPS) is 19.5. The van der Waals surface area contributed by atoms with Gasteiger partial charge in [0.15, 0.2) is 0 Å². The van der Waals surface area contributed by atoms with Gasteiger partial charge in [0.1, 0.15) is 10.0 Å². The van der Waals surface area contributed by atoms with Gasteiger partial charge in [-0.15, -0.1) is 10.2 Å². The fraction of sp³-hybridized carbons (Fsp3) is 0.579. The largest absolute Gasteiger partial charge is 0.416 e. The molecular formula is C19H23F3N4S. The molecule has 8 heteroatoms. The number of piperazine rings is 1. The van der Waals surface area contributed by atoms with Crippen LogP contribution in [0.25, 0.3) is 0 Å². The molecule has 27 heavy (non-hydrogen) atoms. The molecule has 146 valence electrons. The summed E-state index contributed by atoms with van der Waals surface area (Å²) in [5, 5.41) is 10.8. The Hall–Kier alpha value is -1.51. The Morgan fingerprint density at radius 2 is 1.70 bits per heavy atom. The van der Waals surface area contributed by atoms with E-state index in [-0.39, 0.29) is 0 Å². The van der Waals surface area contributed by atoms with E-state index in [2.05, 4.69) is 20.0 Å². The zero-order valence-corrected chi connectivity index (χ0v) is 15.9. The van der Waals surface area contributed by atoms with E-state index in [1.165, 1.54) is 30.0 Å². The van der Waals surface area contributed by atoms with Crippen LogP contribution in [0.15, 0.2) is 24.3 Å². The minimum absolute atomic E-state index is 0.383. The Labute approximate surface area is 161 Å². The average molecular weight is 396 g/mol. The highest BCUT2D eigenvalue weighted by molar-refractivity contribution is 7.11. The summed E-state index contributed by atoms with van der Waals surface area (Å²) in [4.78, 5) is 4.61. The summed E-state index contributed by atoms with van der Waals surface area (Å²) < 4.78 is 39.3. The van der Waals surface area contributed by atoms with Gasteiger partial charge >= 0.3 is 6.18 Å². The van der Waals surface area contributed by atoms with Crippen molar-refractivity contribution in [2.75, 3.05) is 32.7 Å². The third kappa shape index (κ3) is 4.86. The number of alkyl halides is 3. The summed E-state index contributed by atoms with van der Waals surface area (Å²) in [5.41, 5.74) is -0.125. The molecule has 0 amide bonds. The van der Waals surface area contributed by atoms with Crippen LogP contribution in [-0.4, -0.2) is 52.7 Å². The van der Waals surface area contributed by atoms with Crippen molar-refractivity contribution in [3.05, 3.63) is 45.4 Å². The fourth-order valence-corrected chi connectivity index (χ4v) is 4.54. The van der Waals surface area contributed by atoms with E-state index in [0.717, 1.165) is 37.7 Å². The molecule has 2 heterocycles. The molecule has 2 aliphatic rings. The lowest BCUT2D eigenvalue weighted by atomic mass is 10.0. The predicted molar refractivity (Wildman–Crippen MR) is 98.7 cm³/mol. The molecule has 1 aliphatic carbocycles. The molecule has 0 bridgehead atoms. The van der Waals surface area contributed by atoms with Crippen LogP contribution >= 0.6 is 11.3 Å². The summed E-state index contributed by atoms with van der Waals surface area (Å²) in [6.45, 7) is 5.07. The van der Waals surface area contributed by atoms with Crippen LogP contribution in [0.2, 0.25) is 0 Å². The first-order chi connectivity index (χ1) is 13.0. The number of hydrogen-bond donors (Lipinski definition) is 0. The Kier molecular flexibility index (Phi) is 5.48. The standard InChI is InChI=1S/C19H23F3N4S/c20-19(21,22)16-4-2-1-3-14(16)7-8-25-9-11-26(12-10-25)13-17-23-24-18(27-17)15-5-6-15/h1-4,15H,5-13H2. The van der Waals surface area contributed by atoms with Crippen molar-refractivity contribution in [1.29, 1.82) is 0 Å². The number of nitrogens with zero attached hydrogens (tertiary/aromatic N) is 4. The molecule has 1 aromatic carbocycles. The molecule has 0 N–H and O–H groups in total. The van der Waals surface area contributed by atoms with Crippen LogP contribution < -0.4 is 0 Å².